The van der Waals surface area contributed by atoms with Crippen molar-refractivity contribution in [3.05, 3.63) is 60.3 Å². The van der Waals surface area contributed by atoms with Crippen LogP contribution in [0.5, 0.6) is 11.5 Å². The van der Waals surface area contributed by atoms with E-state index in [0.717, 1.165) is 0 Å². The van der Waals surface area contributed by atoms with E-state index in [9.17, 15) is 23.1 Å². The van der Waals surface area contributed by atoms with E-state index in [1.807, 2.05) is 4.90 Å². The molecule has 3 atom stereocenters. The highest BCUT2D eigenvalue weighted by molar-refractivity contribution is 7.99. The fourth-order valence-corrected chi connectivity index (χ4v) is 5.97. The Bertz CT molecular complexity index is 1280. The van der Waals surface area contributed by atoms with Gasteiger partial charge in [0, 0.05) is 35.3 Å². The van der Waals surface area contributed by atoms with Gasteiger partial charge < -0.3 is 19.5 Å². The molecule has 4 rings (SSSR count). The number of carboxylic acid groups (broad SMARTS) is 1. The topological polar surface area (TPSA) is 71.9 Å². The average Bonchev–Trinajstić information content (AvgIpc) is 2.90. The molecule has 0 bridgehead atoms. The molecule has 1 aliphatic rings. The third-order valence-corrected chi connectivity index (χ3v) is 7.96. The Morgan fingerprint density at radius 3 is 2.77 bits per heavy atom. The minimum atomic E-state index is -4.75. The molecular formula is C28H30F4N2O4S. The highest BCUT2D eigenvalue weighted by atomic mass is 32.2. The van der Waals surface area contributed by atoms with Gasteiger partial charge in [-0.15, -0.1) is 24.9 Å². The number of rotatable bonds is 11. The number of fused-ring (bicyclic) bond motifs is 1. The Balaban J connectivity index is 1.30. The highest BCUT2D eigenvalue weighted by Gasteiger charge is 2.34. The van der Waals surface area contributed by atoms with Crippen LogP contribution < -0.4 is 9.47 Å². The molecule has 11 heteroatoms. The first-order valence-electron chi connectivity index (χ1n) is 12.6. The van der Waals surface area contributed by atoms with E-state index >= 15 is 4.39 Å². The lowest BCUT2D eigenvalue weighted by Gasteiger charge is -2.36. The van der Waals surface area contributed by atoms with Crippen LogP contribution in [0.25, 0.3) is 10.9 Å². The number of nitrogens with zero attached hydrogens (tertiary/aromatic N) is 2. The lowest BCUT2D eigenvalue weighted by atomic mass is 9.81. The number of benzene rings is 2. The quantitative estimate of drug-likeness (QED) is 0.203. The minimum absolute atomic E-state index is 0.150. The van der Waals surface area contributed by atoms with Crippen LogP contribution >= 0.6 is 11.8 Å². The highest BCUT2D eigenvalue weighted by Crippen LogP contribution is 2.36. The van der Waals surface area contributed by atoms with Gasteiger partial charge in [-0.3, -0.25) is 9.78 Å². The summed E-state index contributed by atoms with van der Waals surface area (Å²) in [7, 11) is 1.55. The zero-order valence-electron chi connectivity index (χ0n) is 21.4. The van der Waals surface area contributed by atoms with E-state index in [4.69, 9.17) is 4.74 Å². The molecule has 0 saturated carbocycles. The lowest BCUT2D eigenvalue weighted by molar-refractivity contribution is -0.274. The van der Waals surface area contributed by atoms with E-state index in [-0.39, 0.29) is 18.1 Å². The summed E-state index contributed by atoms with van der Waals surface area (Å²) in [6.07, 6.45) is -3.15. The van der Waals surface area contributed by atoms with Crippen molar-refractivity contribution in [2.24, 2.45) is 11.8 Å². The molecule has 3 aromatic rings. The molecule has 0 unspecified atom stereocenters. The molecule has 39 heavy (non-hydrogen) atoms. The van der Waals surface area contributed by atoms with Gasteiger partial charge in [0.2, 0.25) is 0 Å². The third-order valence-electron chi connectivity index (χ3n) is 6.98. The molecule has 0 aliphatic carbocycles. The van der Waals surface area contributed by atoms with E-state index < -0.39 is 24.4 Å². The number of thioether (sulfide) groups is 1. The van der Waals surface area contributed by atoms with Gasteiger partial charge in [0.15, 0.2) is 0 Å². The molecule has 1 aliphatic heterocycles. The molecule has 1 fully saturated rings. The number of hydrogen-bond acceptors (Lipinski definition) is 6. The maximum atomic E-state index is 15.4. The molecular weight excluding hydrogens is 536 g/mol. The van der Waals surface area contributed by atoms with E-state index in [0.29, 0.717) is 65.3 Å². The van der Waals surface area contributed by atoms with Crippen molar-refractivity contribution in [2.75, 3.05) is 32.5 Å². The van der Waals surface area contributed by atoms with Gasteiger partial charge in [-0.1, -0.05) is 6.07 Å². The Kier molecular flexibility index (Phi) is 9.55. The molecule has 1 saturated heterocycles. The number of hydrogen-bond donors (Lipinski definition) is 1. The summed E-state index contributed by atoms with van der Waals surface area (Å²) in [5.74, 6) is -0.745. The van der Waals surface area contributed by atoms with Crippen molar-refractivity contribution >= 4 is 28.6 Å². The molecule has 210 valence electrons. The number of piperidine rings is 1. The first-order chi connectivity index (χ1) is 18.6. The molecule has 2 heterocycles. The van der Waals surface area contributed by atoms with E-state index in [1.165, 1.54) is 30.0 Å². The predicted molar refractivity (Wildman–Crippen MR) is 141 cm³/mol. The van der Waals surface area contributed by atoms with Gasteiger partial charge >= 0.3 is 12.3 Å². The van der Waals surface area contributed by atoms with Gasteiger partial charge in [0.05, 0.1) is 18.5 Å². The maximum Gasteiger partial charge on any atom is 0.573 e. The summed E-state index contributed by atoms with van der Waals surface area (Å²) in [6.45, 7) is 1.62. The molecule has 0 amide bonds. The second-order valence-electron chi connectivity index (χ2n) is 9.49. The number of aromatic nitrogens is 1. The average molecular weight is 567 g/mol. The molecule has 2 aromatic carbocycles. The Hall–Kier alpha value is -3.05. The minimum Gasteiger partial charge on any atom is -0.497 e. The molecule has 0 spiro atoms. The monoisotopic (exact) mass is 566 g/mol. The van der Waals surface area contributed by atoms with Crippen molar-refractivity contribution in [3.8, 4) is 11.5 Å². The van der Waals surface area contributed by atoms with Crippen LogP contribution in [0.15, 0.2) is 59.6 Å². The first-order valence-corrected chi connectivity index (χ1v) is 13.6. The molecule has 0 radical (unpaired) electrons. The molecule has 1 N–H and O–H groups in total. The summed E-state index contributed by atoms with van der Waals surface area (Å²) in [6, 6.07) is 12.8. The number of ether oxygens (including phenoxy) is 2. The largest absolute Gasteiger partial charge is 0.573 e. The van der Waals surface area contributed by atoms with Crippen molar-refractivity contribution in [2.45, 2.75) is 36.7 Å². The van der Waals surface area contributed by atoms with Crippen molar-refractivity contribution in [1.82, 2.24) is 9.88 Å². The van der Waals surface area contributed by atoms with Crippen LogP contribution in [-0.2, 0) is 4.79 Å². The zero-order valence-corrected chi connectivity index (χ0v) is 22.2. The standard InChI is InChI=1S/C28H30F4N2O4S/c1-37-19-6-8-26-23(16-19)22(9-11-33-26)25(29)7-5-18-10-12-34(17-24(18)27(35)36)13-14-39-21-4-2-3-20(15-21)38-28(30,31)32/h2-4,6,8-9,11,15-16,18,24-25H,5,7,10,12-14,17H2,1H3,(H,35,36)/t18-,24+,25-/m1/s1. The number of pyridine rings is 1. The second kappa shape index (κ2) is 12.9. The second-order valence-corrected chi connectivity index (χ2v) is 10.7. The summed E-state index contributed by atoms with van der Waals surface area (Å²) in [5.41, 5.74) is 1.19. The van der Waals surface area contributed by atoms with Crippen molar-refractivity contribution in [1.29, 1.82) is 0 Å². The first kappa shape index (κ1) is 28.9. The summed E-state index contributed by atoms with van der Waals surface area (Å²) in [4.78, 5) is 19.0. The van der Waals surface area contributed by atoms with Gasteiger partial charge in [0.1, 0.15) is 17.7 Å². The summed E-state index contributed by atoms with van der Waals surface area (Å²) in [5, 5.41) is 10.6. The van der Waals surface area contributed by atoms with Crippen LogP contribution in [0.1, 0.15) is 31.0 Å². The van der Waals surface area contributed by atoms with Gasteiger partial charge in [0.25, 0.3) is 0 Å². The van der Waals surface area contributed by atoms with Crippen LogP contribution in [0.2, 0.25) is 0 Å². The van der Waals surface area contributed by atoms with Crippen LogP contribution in [0.4, 0.5) is 17.6 Å². The van der Waals surface area contributed by atoms with Crippen LogP contribution in [0, 0.1) is 11.8 Å². The predicted octanol–water partition coefficient (Wildman–Crippen LogP) is 6.75. The SMILES string of the molecule is COc1ccc2nccc([C@H](F)CC[C@@H]3CCN(CCSc4cccc(OC(F)(F)F)c4)C[C@@H]3C(=O)O)c2c1. The zero-order chi connectivity index (χ0) is 28.0. The Labute approximate surface area is 228 Å². The fraction of sp³-hybridized carbons (Fsp3) is 0.429. The van der Waals surface area contributed by atoms with Crippen LogP contribution in [0.3, 0.4) is 0 Å². The van der Waals surface area contributed by atoms with Crippen molar-refractivity contribution in [3.63, 3.8) is 0 Å². The van der Waals surface area contributed by atoms with E-state index in [1.54, 1.807) is 43.6 Å². The van der Waals surface area contributed by atoms with Gasteiger partial charge in [-0.2, -0.15) is 0 Å². The summed E-state index contributed by atoms with van der Waals surface area (Å²) >= 11 is 1.38. The normalized spacial score (nSPS) is 19.1. The van der Waals surface area contributed by atoms with Gasteiger partial charge in [-0.05, 0) is 79.8 Å². The Morgan fingerprint density at radius 2 is 2.03 bits per heavy atom. The number of carboxylic acids is 1. The fourth-order valence-electron chi connectivity index (χ4n) is 5.01. The molecule has 6 nitrogen and oxygen atoms in total. The number of carbonyl (C=O) groups is 1. The smallest absolute Gasteiger partial charge is 0.497 e. The van der Waals surface area contributed by atoms with Gasteiger partial charge in [-0.25, -0.2) is 4.39 Å². The lowest BCUT2D eigenvalue weighted by Crippen LogP contribution is -2.44. The number of halogens is 4. The van der Waals surface area contributed by atoms with E-state index in [2.05, 4.69) is 9.72 Å². The number of aliphatic carboxylic acids is 1. The number of likely N-dealkylation sites (tertiary alicyclic amines) is 1. The third kappa shape index (κ3) is 7.98. The number of methoxy groups -OCH3 is 1. The maximum absolute atomic E-state index is 15.4. The van der Waals surface area contributed by atoms with Crippen molar-refractivity contribution < 1.29 is 36.9 Å². The molecule has 1 aromatic heterocycles. The Morgan fingerprint density at radius 1 is 1.21 bits per heavy atom. The number of alkyl halides is 4. The summed E-state index contributed by atoms with van der Waals surface area (Å²) < 4.78 is 62.0. The van der Waals surface area contributed by atoms with Crippen LogP contribution in [-0.4, -0.2) is 59.8 Å².